The van der Waals surface area contributed by atoms with Gasteiger partial charge in [-0.25, -0.2) is 9.67 Å². The van der Waals surface area contributed by atoms with Crippen LogP contribution in [-0.4, -0.2) is 62.7 Å². The highest BCUT2D eigenvalue weighted by Crippen LogP contribution is 2.33. The van der Waals surface area contributed by atoms with Gasteiger partial charge in [0.1, 0.15) is 0 Å². The summed E-state index contributed by atoms with van der Waals surface area (Å²) in [5.41, 5.74) is 3.52. The van der Waals surface area contributed by atoms with Crippen LogP contribution in [0.15, 0.2) is 18.3 Å². The topological polar surface area (TPSA) is 54.3 Å². The Morgan fingerprint density at radius 3 is 2.44 bits per heavy atom. The molecule has 1 saturated carbocycles. The smallest absolute Gasteiger partial charge is 0.254 e. The van der Waals surface area contributed by atoms with Gasteiger partial charge in [-0.1, -0.05) is 12.8 Å². The first-order valence-electron chi connectivity index (χ1n) is 11.9. The molecular formula is C25H33N5OS. The molecule has 0 unspecified atom stereocenters. The maximum atomic E-state index is 13.7. The van der Waals surface area contributed by atoms with Gasteiger partial charge in [-0.2, -0.15) is 5.10 Å². The number of aryl methyl sites for hydroxylation is 2. The molecule has 170 valence electrons. The number of pyridine rings is 1. The molecule has 0 N–H and O–H groups in total. The van der Waals surface area contributed by atoms with Gasteiger partial charge >= 0.3 is 0 Å². The van der Waals surface area contributed by atoms with E-state index in [4.69, 9.17) is 4.98 Å². The second-order valence-electron chi connectivity index (χ2n) is 9.57. The number of piperazine rings is 1. The largest absolute Gasteiger partial charge is 0.336 e. The molecule has 0 bridgehead atoms. The van der Waals surface area contributed by atoms with E-state index in [0.717, 1.165) is 60.1 Å². The summed E-state index contributed by atoms with van der Waals surface area (Å²) in [6, 6.07) is 5.08. The van der Waals surface area contributed by atoms with Crippen LogP contribution < -0.4 is 0 Å². The molecule has 0 radical (unpaired) electrons. The SMILES string of the molecule is Cc1cc(-c2cc(C(=O)N3CCN(C4CCCC4)CC3)c3cnn(C(C)C)c3n2)c(C)s1. The number of aromatic nitrogens is 3. The van der Waals surface area contributed by atoms with Gasteiger partial charge in [-0.3, -0.25) is 9.69 Å². The maximum Gasteiger partial charge on any atom is 0.254 e. The van der Waals surface area contributed by atoms with E-state index in [9.17, 15) is 4.79 Å². The quantitative estimate of drug-likeness (QED) is 0.556. The van der Waals surface area contributed by atoms with Gasteiger partial charge in [-0.05, 0) is 52.7 Å². The normalized spacial score (nSPS) is 18.3. The molecule has 4 heterocycles. The lowest BCUT2D eigenvalue weighted by Gasteiger charge is -2.38. The zero-order valence-electron chi connectivity index (χ0n) is 19.6. The van der Waals surface area contributed by atoms with Gasteiger partial charge in [0, 0.05) is 53.6 Å². The molecule has 1 amide bonds. The van der Waals surface area contributed by atoms with E-state index in [1.165, 1.54) is 35.4 Å². The van der Waals surface area contributed by atoms with Crippen LogP contribution in [0, 0.1) is 13.8 Å². The van der Waals surface area contributed by atoms with E-state index in [1.807, 2.05) is 21.8 Å². The molecule has 1 saturated heterocycles. The van der Waals surface area contributed by atoms with Crippen LogP contribution in [0.4, 0.5) is 0 Å². The van der Waals surface area contributed by atoms with E-state index in [0.29, 0.717) is 0 Å². The lowest BCUT2D eigenvalue weighted by Crippen LogP contribution is -2.51. The number of hydrogen-bond acceptors (Lipinski definition) is 5. The standard InChI is InChI=1S/C25H33N5OS/c1-16(2)30-24-22(15-26-30)21(14-23(27-24)20-13-17(3)32-18(20)4)25(31)29-11-9-28(10-12-29)19-7-5-6-8-19/h13-16,19H,5-12H2,1-4H3. The maximum absolute atomic E-state index is 13.7. The van der Waals surface area contributed by atoms with Crippen LogP contribution in [-0.2, 0) is 0 Å². The number of rotatable bonds is 4. The minimum atomic E-state index is 0.109. The Morgan fingerprint density at radius 1 is 1.09 bits per heavy atom. The average Bonchev–Trinajstić information content (AvgIpc) is 3.52. The van der Waals surface area contributed by atoms with Crippen molar-refractivity contribution < 1.29 is 4.79 Å². The van der Waals surface area contributed by atoms with Crippen molar-refractivity contribution >= 4 is 28.3 Å². The molecule has 0 atom stereocenters. The Bertz CT molecular complexity index is 1130. The molecule has 3 aromatic rings. The Kier molecular flexibility index (Phi) is 5.80. The summed E-state index contributed by atoms with van der Waals surface area (Å²) in [6.07, 6.45) is 7.15. The molecule has 1 aliphatic heterocycles. The predicted octanol–water partition coefficient (Wildman–Crippen LogP) is 5.06. The summed E-state index contributed by atoms with van der Waals surface area (Å²) in [4.78, 5) is 25.8. The van der Waals surface area contributed by atoms with E-state index >= 15 is 0 Å². The van der Waals surface area contributed by atoms with Gasteiger partial charge < -0.3 is 4.90 Å². The Balaban J connectivity index is 1.50. The van der Waals surface area contributed by atoms with Crippen LogP contribution in [0.25, 0.3) is 22.3 Å². The molecule has 5 rings (SSSR count). The van der Waals surface area contributed by atoms with Crippen LogP contribution >= 0.6 is 11.3 Å². The predicted molar refractivity (Wildman–Crippen MR) is 130 cm³/mol. The summed E-state index contributed by atoms with van der Waals surface area (Å²) in [6.45, 7) is 12.0. The second kappa shape index (κ2) is 8.60. The number of amides is 1. The van der Waals surface area contributed by atoms with Gasteiger partial charge in [0.2, 0.25) is 0 Å². The number of thiophene rings is 1. The lowest BCUT2D eigenvalue weighted by atomic mass is 10.1. The first-order valence-corrected chi connectivity index (χ1v) is 12.7. The Hall–Kier alpha value is -2.25. The lowest BCUT2D eigenvalue weighted by molar-refractivity contribution is 0.0575. The monoisotopic (exact) mass is 451 g/mol. The third-order valence-corrected chi connectivity index (χ3v) is 8.01. The highest BCUT2D eigenvalue weighted by Gasteiger charge is 2.30. The highest BCUT2D eigenvalue weighted by molar-refractivity contribution is 7.12. The number of fused-ring (bicyclic) bond motifs is 1. The van der Waals surface area contributed by atoms with Crippen LogP contribution in [0.2, 0.25) is 0 Å². The Labute approximate surface area is 194 Å². The van der Waals surface area contributed by atoms with Crippen LogP contribution in [0.1, 0.15) is 65.7 Å². The molecule has 2 aliphatic rings. The molecular weight excluding hydrogens is 418 g/mol. The summed E-state index contributed by atoms with van der Waals surface area (Å²) < 4.78 is 1.93. The summed E-state index contributed by atoms with van der Waals surface area (Å²) in [5.74, 6) is 0.109. The summed E-state index contributed by atoms with van der Waals surface area (Å²) in [7, 11) is 0. The van der Waals surface area contributed by atoms with Crippen LogP contribution in [0.5, 0.6) is 0 Å². The molecule has 6 nitrogen and oxygen atoms in total. The molecule has 32 heavy (non-hydrogen) atoms. The number of hydrogen-bond donors (Lipinski definition) is 0. The molecule has 3 aromatic heterocycles. The van der Waals surface area contributed by atoms with Crippen molar-refractivity contribution in [3.63, 3.8) is 0 Å². The van der Waals surface area contributed by atoms with Crippen molar-refractivity contribution in [1.82, 2.24) is 24.6 Å². The molecule has 0 aromatic carbocycles. The van der Waals surface area contributed by atoms with E-state index in [1.54, 1.807) is 11.3 Å². The summed E-state index contributed by atoms with van der Waals surface area (Å²) in [5, 5.41) is 5.44. The fourth-order valence-corrected chi connectivity index (χ4v) is 6.26. The molecule has 1 aliphatic carbocycles. The Morgan fingerprint density at radius 2 is 1.81 bits per heavy atom. The zero-order chi connectivity index (χ0) is 22.4. The number of carbonyl (C=O) groups is 1. The van der Waals surface area contributed by atoms with Gasteiger partial charge in [0.05, 0.1) is 22.8 Å². The van der Waals surface area contributed by atoms with Gasteiger partial charge in [0.15, 0.2) is 5.65 Å². The second-order valence-corrected chi connectivity index (χ2v) is 11.0. The molecule has 2 fully saturated rings. The third-order valence-electron chi connectivity index (χ3n) is 7.05. The van der Waals surface area contributed by atoms with E-state index < -0.39 is 0 Å². The number of nitrogens with zero attached hydrogens (tertiary/aromatic N) is 5. The summed E-state index contributed by atoms with van der Waals surface area (Å²) >= 11 is 1.77. The van der Waals surface area contributed by atoms with Crippen molar-refractivity contribution in [3.05, 3.63) is 33.6 Å². The van der Waals surface area contributed by atoms with Crippen molar-refractivity contribution in [2.24, 2.45) is 0 Å². The first-order chi connectivity index (χ1) is 15.4. The van der Waals surface area contributed by atoms with Crippen molar-refractivity contribution in [3.8, 4) is 11.3 Å². The fourth-order valence-electron chi connectivity index (χ4n) is 5.33. The third kappa shape index (κ3) is 3.86. The minimum absolute atomic E-state index is 0.109. The minimum Gasteiger partial charge on any atom is -0.336 e. The van der Waals surface area contributed by atoms with Crippen molar-refractivity contribution in [2.75, 3.05) is 26.2 Å². The first kappa shape index (κ1) is 21.6. The number of carbonyl (C=O) groups excluding carboxylic acids is 1. The fraction of sp³-hybridized carbons (Fsp3) is 0.560. The average molecular weight is 452 g/mol. The zero-order valence-corrected chi connectivity index (χ0v) is 20.4. The van der Waals surface area contributed by atoms with Gasteiger partial charge in [0.25, 0.3) is 5.91 Å². The van der Waals surface area contributed by atoms with Crippen molar-refractivity contribution in [2.45, 2.75) is 65.5 Å². The van der Waals surface area contributed by atoms with E-state index in [2.05, 4.69) is 43.8 Å². The van der Waals surface area contributed by atoms with Crippen molar-refractivity contribution in [1.29, 1.82) is 0 Å². The van der Waals surface area contributed by atoms with Crippen LogP contribution in [0.3, 0.4) is 0 Å². The van der Waals surface area contributed by atoms with Gasteiger partial charge in [-0.15, -0.1) is 11.3 Å². The molecule has 0 spiro atoms. The van der Waals surface area contributed by atoms with E-state index in [-0.39, 0.29) is 11.9 Å². The highest BCUT2D eigenvalue weighted by atomic mass is 32.1. The molecule has 7 heteroatoms.